The van der Waals surface area contributed by atoms with Gasteiger partial charge in [-0.05, 0) is 24.6 Å². The second-order valence-electron chi connectivity index (χ2n) is 4.32. The van der Waals surface area contributed by atoms with E-state index in [1.165, 1.54) is 12.1 Å². The summed E-state index contributed by atoms with van der Waals surface area (Å²) in [6, 6.07) is 4.45. The lowest BCUT2D eigenvalue weighted by atomic mass is 10.1. The summed E-state index contributed by atoms with van der Waals surface area (Å²) in [6.45, 7) is 2.01. The van der Waals surface area contributed by atoms with Crippen molar-refractivity contribution in [2.45, 2.75) is 13.5 Å². The maximum Gasteiger partial charge on any atom is 0.259 e. The minimum atomic E-state index is -0.553. The molecule has 1 aromatic heterocycles. The van der Waals surface area contributed by atoms with Gasteiger partial charge in [-0.1, -0.05) is 6.07 Å². The molecule has 6 heteroatoms. The number of hydrogen-bond acceptors (Lipinski definition) is 3. The van der Waals surface area contributed by atoms with Gasteiger partial charge in [0.15, 0.2) is 5.82 Å². The molecular weight excluding hydrogens is 247 g/mol. The fraction of sp³-hybridized carbons (Fsp3) is 0.231. The number of benzene rings is 1. The molecule has 0 saturated heterocycles. The molecule has 0 spiro atoms. The van der Waals surface area contributed by atoms with Gasteiger partial charge in [0.1, 0.15) is 5.82 Å². The molecule has 100 valence electrons. The number of halogens is 1. The highest BCUT2D eigenvalue weighted by Gasteiger charge is 2.15. The van der Waals surface area contributed by atoms with Crippen LogP contribution < -0.4 is 11.1 Å². The van der Waals surface area contributed by atoms with Gasteiger partial charge in [-0.3, -0.25) is 9.48 Å². The summed E-state index contributed by atoms with van der Waals surface area (Å²) >= 11 is 0. The summed E-state index contributed by atoms with van der Waals surface area (Å²) in [6.07, 6.45) is 1.71. The molecule has 19 heavy (non-hydrogen) atoms. The summed E-state index contributed by atoms with van der Waals surface area (Å²) in [5, 5.41) is 6.64. The highest BCUT2D eigenvalue weighted by atomic mass is 19.1. The topological polar surface area (TPSA) is 72.9 Å². The molecule has 0 saturated carbocycles. The lowest BCUT2D eigenvalue weighted by Crippen LogP contribution is -2.16. The van der Waals surface area contributed by atoms with Gasteiger partial charge in [0.05, 0.1) is 5.56 Å². The lowest BCUT2D eigenvalue weighted by Gasteiger charge is -2.05. The van der Waals surface area contributed by atoms with E-state index in [-0.39, 0.29) is 12.1 Å². The summed E-state index contributed by atoms with van der Waals surface area (Å²) in [5.41, 5.74) is 6.99. The fourth-order valence-electron chi connectivity index (χ4n) is 1.77. The molecular formula is C13H15FN4O. The van der Waals surface area contributed by atoms with E-state index >= 15 is 0 Å². The Kier molecular flexibility index (Phi) is 3.62. The first kappa shape index (κ1) is 13.2. The summed E-state index contributed by atoms with van der Waals surface area (Å²) in [5.74, 6) is -0.733. The molecule has 0 bridgehead atoms. The lowest BCUT2D eigenvalue weighted by molar-refractivity contribution is 0.102. The Morgan fingerprint density at radius 1 is 1.53 bits per heavy atom. The number of carbonyl (C=O) groups is 1. The van der Waals surface area contributed by atoms with Crippen LogP contribution in [-0.2, 0) is 13.6 Å². The van der Waals surface area contributed by atoms with Crippen molar-refractivity contribution < 1.29 is 9.18 Å². The first-order valence-corrected chi connectivity index (χ1v) is 5.81. The van der Waals surface area contributed by atoms with E-state index in [2.05, 4.69) is 10.4 Å². The van der Waals surface area contributed by atoms with Crippen LogP contribution in [0.15, 0.2) is 24.4 Å². The Labute approximate surface area is 110 Å². The largest absolute Gasteiger partial charge is 0.326 e. The fourth-order valence-corrected chi connectivity index (χ4v) is 1.77. The molecule has 0 atom stereocenters. The minimum absolute atomic E-state index is 0.0146. The Balaban J connectivity index is 2.25. The maximum atomic E-state index is 13.7. The Morgan fingerprint density at radius 2 is 2.26 bits per heavy atom. The number of carbonyl (C=O) groups excluding carboxylic acids is 1. The van der Waals surface area contributed by atoms with Crippen molar-refractivity contribution in [1.29, 1.82) is 0 Å². The first-order chi connectivity index (χ1) is 9.01. The van der Waals surface area contributed by atoms with Gasteiger partial charge < -0.3 is 11.1 Å². The third kappa shape index (κ3) is 2.79. The zero-order valence-corrected chi connectivity index (χ0v) is 10.8. The van der Waals surface area contributed by atoms with Crippen molar-refractivity contribution in [2.24, 2.45) is 12.8 Å². The van der Waals surface area contributed by atoms with Crippen LogP contribution in [0.3, 0.4) is 0 Å². The molecule has 0 aliphatic heterocycles. The second-order valence-corrected chi connectivity index (χ2v) is 4.32. The zero-order valence-electron chi connectivity index (χ0n) is 10.8. The van der Waals surface area contributed by atoms with Crippen molar-refractivity contribution in [2.75, 3.05) is 5.32 Å². The number of amides is 1. The number of nitrogens with one attached hydrogen (secondary N) is 1. The van der Waals surface area contributed by atoms with E-state index < -0.39 is 11.7 Å². The van der Waals surface area contributed by atoms with E-state index in [1.807, 2.05) is 0 Å². The van der Waals surface area contributed by atoms with Crippen LogP contribution in [0, 0.1) is 12.7 Å². The first-order valence-electron chi connectivity index (χ1n) is 5.81. The van der Waals surface area contributed by atoms with E-state index in [0.717, 1.165) is 5.56 Å². The predicted octanol–water partition coefficient (Wildman–Crippen LogP) is 1.58. The molecule has 2 aromatic rings. The maximum absolute atomic E-state index is 13.7. The van der Waals surface area contributed by atoms with E-state index in [4.69, 9.17) is 5.73 Å². The second kappa shape index (κ2) is 5.19. The molecule has 3 N–H and O–H groups in total. The van der Waals surface area contributed by atoms with Crippen LogP contribution in [0.25, 0.3) is 0 Å². The number of anilines is 1. The Hall–Kier alpha value is -2.21. The van der Waals surface area contributed by atoms with E-state index in [9.17, 15) is 9.18 Å². The number of nitrogens with zero attached hydrogens (tertiary/aromatic N) is 2. The zero-order chi connectivity index (χ0) is 14.0. The molecule has 5 nitrogen and oxygen atoms in total. The summed E-state index contributed by atoms with van der Waals surface area (Å²) in [4.78, 5) is 12.0. The quantitative estimate of drug-likeness (QED) is 0.882. The van der Waals surface area contributed by atoms with Gasteiger partial charge in [-0.2, -0.15) is 5.10 Å². The predicted molar refractivity (Wildman–Crippen MR) is 70.2 cm³/mol. The summed E-state index contributed by atoms with van der Waals surface area (Å²) < 4.78 is 15.2. The van der Waals surface area contributed by atoms with Gasteiger partial charge in [0, 0.05) is 25.4 Å². The number of rotatable bonds is 3. The average Bonchev–Trinajstić information content (AvgIpc) is 2.69. The van der Waals surface area contributed by atoms with Gasteiger partial charge in [0.2, 0.25) is 0 Å². The van der Waals surface area contributed by atoms with Crippen LogP contribution in [0.2, 0.25) is 0 Å². The van der Waals surface area contributed by atoms with Crippen LogP contribution >= 0.6 is 0 Å². The number of nitrogens with two attached hydrogens (primary N) is 1. The van der Waals surface area contributed by atoms with Crippen molar-refractivity contribution >= 4 is 11.7 Å². The van der Waals surface area contributed by atoms with Gasteiger partial charge in [-0.15, -0.1) is 0 Å². The molecule has 2 rings (SSSR count). The molecule has 0 fully saturated rings. The minimum Gasteiger partial charge on any atom is -0.326 e. The van der Waals surface area contributed by atoms with Crippen molar-refractivity contribution in [3.05, 3.63) is 46.9 Å². The highest BCUT2D eigenvalue weighted by Crippen LogP contribution is 2.15. The standard InChI is InChI=1S/C13H15FN4O/c1-8-3-4-10(11(14)5-8)13(19)16-12-9(6-15)7-18(2)17-12/h3-5,7H,6,15H2,1-2H3,(H,16,17,19). The van der Waals surface area contributed by atoms with Crippen molar-refractivity contribution in [3.63, 3.8) is 0 Å². The molecule has 0 aliphatic rings. The smallest absolute Gasteiger partial charge is 0.259 e. The number of hydrogen-bond donors (Lipinski definition) is 2. The summed E-state index contributed by atoms with van der Waals surface area (Å²) in [7, 11) is 1.72. The van der Waals surface area contributed by atoms with Gasteiger partial charge in [0.25, 0.3) is 5.91 Å². The van der Waals surface area contributed by atoms with Crippen LogP contribution in [0.4, 0.5) is 10.2 Å². The van der Waals surface area contributed by atoms with Crippen LogP contribution in [0.5, 0.6) is 0 Å². The number of aryl methyl sites for hydroxylation is 2. The monoisotopic (exact) mass is 262 g/mol. The molecule has 1 amide bonds. The highest BCUT2D eigenvalue weighted by molar-refractivity contribution is 6.04. The molecule has 0 radical (unpaired) electrons. The third-order valence-corrected chi connectivity index (χ3v) is 2.73. The molecule has 0 unspecified atom stereocenters. The normalized spacial score (nSPS) is 10.5. The Bertz CT molecular complexity index is 621. The van der Waals surface area contributed by atoms with Gasteiger partial charge in [-0.25, -0.2) is 4.39 Å². The van der Waals surface area contributed by atoms with Crippen molar-refractivity contribution in [3.8, 4) is 0 Å². The SMILES string of the molecule is Cc1ccc(C(=O)Nc2nn(C)cc2CN)c(F)c1. The Morgan fingerprint density at radius 3 is 2.89 bits per heavy atom. The van der Waals surface area contributed by atoms with Crippen LogP contribution in [0.1, 0.15) is 21.5 Å². The van der Waals surface area contributed by atoms with E-state index in [1.54, 1.807) is 30.9 Å². The number of aromatic nitrogens is 2. The van der Waals surface area contributed by atoms with Gasteiger partial charge >= 0.3 is 0 Å². The van der Waals surface area contributed by atoms with Crippen molar-refractivity contribution in [1.82, 2.24) is 9.78 Å². The van der Waals surface area contributed by atoms with E-state index in [0.29, 0.717) is 11.4 Å². The molecule has 1 heterocycles. The molecule has 0 aliphatic carbocycles. The van der Waals surface area contributed by atoms with Crippen LogP contribution in [-0.4, -0.2) is 15.7 Å². The molecule has 1 aromatic carbocycles. The third-order valence-electron chi connectivity index (χ3n) is 2.73. The average molecular weight is 262 g/mol.